The van der Waals surface area contributed by atoms with Crippen LogP contribution in [0.4, 0.5) is 69.4 Å². The summed E-state index contributed by atoms with van der Waals surface area (Å²) in [5.74, 6) is 3.39. The highest BCUT2D eigenvalue weighted by atomic mass is 35.5. The van der Waals surface area contributed by atoms with Gasteiger partial charge in [0.1, 0.15) is 45.2 Å². The maximum Gasteiger partial charge on any atom is 0.229 e. The van der Waals surface area contributed by atoms with E-state index in [4.69, 9.17) is 34.7 Å². The van der Waals surface area contributed by atoms with Crippen LogP contribution in [-0.2, 0) is 0 Å². The largest absolute Gasteiger partial charge is 0.399 e. The van der Waals surface area contributed by atoms with Crippen molar-refractivity contribution in [3.8, 4) is 0 Å². The molecular formula is C68H74Cl2N24. The summed E-state index contributed by atoms with van der Waals surface area (Å²) in [5.41, 5.74) is 23.2. The van der Waals surface area contributed by atoms with E-state index in [0.29, 0.717) is 40.8 Å². The molecule has 0 aliphatic heterocycles. The van der Waals surface area contributed by atoms with Crippen molar-refractivity contribution in [3.05, 3.63) is 216 Å². The minimum atomic E-state index is 0.221. The van der Waals surface area contributed by atoms with Gasteiger partial charge < -0.3 is 58.0 Å². The summed E-state index contributed by atoms with van der Waals surface area (Å²) in [6, 6.07) is 36.6. The zero-order valence-corrected chi connectivity index (χ0v) is 54.9. The molecule has 0 bridgehead atoms. The normalized spacial score (nSPS) is 10.7. The van der Waals surface area contributed by atoms with Gasteiger partial charge in [0.2, 0.25) is 23.1 Å². The number of para-hydroxylation sites is 2. The van der Waals surface area contributed by atoms with Gasteiger partial charge >= 0.3 is 0 Å². The first kappa shape index (κ1) is 67.1. The van der Waals surface area contributed by atoms with Crippen LogP contribution in [0.3, 0.4) is 0 Å². The van der Waals surface area contributed by atoms with E-state index in [1.165, 1.54) is 0 Å². The number of nitrogen functional groups attached to an aromatic ring is 2. The minimum absolute atomic E-state index is 0.221. The Kier molecular flexibility index (Phi) is 23.3. The minimum Gasteiger partial charge on any atom is -0.399 e. The van der Waals surface area contributed by atoms with Crippen molar-refractivity contribution >= 4 is 137 Å². The number of hydrogen-bond acceptors (Lipinski definition) is 20. The van der Waals surface area contributed by atoms with Gasteiger partial charge in [0, 0.05) is 117 Å². The van der Waals surface area contributed by atoms with Gasteiger partial charge in [-0.3, -0.25) is 4.90 Å². The average Bonchev–Trinajstić information content (AvgIpc) is 1.61. The molecule has 24 nitrogen and oxygen atoms in total. The van der Waals surface area contributed by atoms with Gasteiger partial charge in [0.15, 0.2) is 0 Å². The molecule has 0 fully saturated rings. The van der Waals surface area contributed by atoms with Crippen molar-refractivity contribution in [2.75, 3.05) is 44.6 Å². The Balaban J connectivity index is 0.000000138. The van der Waals surface area contributed by atoms with Crippen LogP contribution in [0, 0.1) is 27.7 Å². The van der Waals surface area contributed by atoms with E-state index >= 15 is 0 Å². The predicted molar refractivity (Wildman–Crippen MR) is 382 cm³/mol. The third-order valence-electron chi connectivity index (χ3n) is 14.0. The number of anilines is 12. The smallest absolute Gasteiger partial charge is 0.229 e. The summed E-state index contributed by atoms with van der Waals surface area (Å²) in [7, 11) is 0. The molecule has 0 radical (unpaired) electrons. The Bertz CT molecular complexity index is 4550. The van der Waals surface area contributed by atoms with Crippen molar-refractivity contribution in [2.45, 2.75) is 74.4 Å². The molecule has 26 heteroatoms. The van der Waals surface area contributed by atoms with E-state index in [0.717, 1.165) is 113 Å². The van der Waals surface area contributed by atoms with Crippen LogP contribution in [0.15, 0.2) is 184 Å². The third-order valence-corrected chi connectivity index (χ3v) is 14.5. The summed E-state index contributed by atoms with van der Waals surface area (Å²) >= 11 is 11.7. The number of nitrogens with zero attached hydrogens (tertiary/aromatic N) is 13. The summed E-state index contributed by atoms with van der Waals surface area (Å²) in [4.78, 5) is 65.2. The summed E-state index contributed by atoms with van der Waals surface area (Å²) in [6.07, 6.45) is 21.2. The molecule has 13 N–H and O–H groups in total. The number of halogens is 2. The van der Waals surface area contributed by atoms with Gasteiger partial charge in [-0.25, -0.2) is 49.8 Å². The molecule has 0 unspecified atom stereocenters. The molecule has 0 atom stereocenters. The summed E-state index contributed by atoms with van der Waals surface area (Å²) < 4.78 is 0. The van der Waals surface area contributed by atoms with Crippen LogP contribution >= 0.6 is 23.2 Å². The lowest BCUT2D eigenvalue weighted by atomic mass is 10.2. The number of aromatic amines is 4. The highest BCUT2D eigenvalue weighted by Gasteiger charge is 2.11. The summed E-state index contributed by atoms with van der Waals surface area (Å²) in [5, 5.41) is 20.8. The molecule has 0 spiro atoms. The lowest BCUT2D eigenvalue weighted by molar-refractivity contribution is 0.185. The standard InChI is InChI=1S/C18H16N6.2C12H10ClN5.C12H12N6.C8H19N.C6H7N/c1-12-10-21-18(24-16(12)22-14-5-3-2-4-6-14)23-15-9-13-7-8-19-17(13)20-11-15;1-7-5-16-12(13)18-10(7)17-9-4-8-2-3-14-11(8)15-6-9;1-7-5-16-12(18-10(7)13)17-9-4-8-2-3-14-11(8)15-6-9;1-7-5-16-12(13)18-10(7)17-9-4-8-2-3-14-11(8)15-6-9;1-6-9(7(2)3)8(4)5;7-6-4-2-1-3-5-6/h2-11H,1H3,(H,19,20)(H2,21,22,23,24);2*2-6H,1H3,(H,14,15)(H,16,17,18);2-6H,1H3,(H,14,15)(H3,13,16,17,18);7-8H,6H2,1-5H3;1-5H,7H2. The fraction of sp³-hybridized carbons (Fsp3) is 0.176. The van der Waals surface area contributed by atoms with Crippen LogP contribution in [0.2, 0.25) is 10.4 Å². The molecule has 480 valence electrons. The highest BCUT2D eigenvalue weighted by Crippen LogP contribution is 2.26. The molecule has 2 aromatic carbocycles. The molecule has 0 aliphatic rings. The number of benzene rings is 2. The van der Waals surface area contributed by atoms with E-state index in [1.54, 1.807) is 49.6 Å². The first-order chi connectivity index (χ1) is 45.4. The van der Waals surface area contributed by atoms with Gasteiger partial charge in [-0.1, -0.05) is 54.9 Å². The Morgan fingerprint density at radius 1 is 0.404 bits per heavy atom. The number of hydrogen-bond donors (Lipinski definition) is 11. The number of aryl methyl sites for hydroxylation is 4. The Morgan fingerprint density at radius 3 is 1.18 bits per heavy atom. The van der Waals surface area contributed by atoms with Crippen molar-refractivity contribution in [2.24, 2.45) is 0 Å². The number of pyridine rings is 4. The van der Waals surface area contributed by atoms with Crippen molar-refractivity contribution in [1.82, 2.24) is 84.6 Å². The van der Waals surface area contributed by atoms with Gasteiger partial charge in [-0.15, -0.1) is 0 Å². The average molecular weight is 1300 g/mol. The molecule has 0 aliphatic carbocycles. The fourth-order valence-electron chi connectivity index (χ4n) is 9.24. The Labute approximate surface area is 553 Å². The van der Waals surface area contributed by atoms with E-state index in [9.17, 15) is 0 Å². The number of aromatic nitrogens is 16. The van der Waals surface area contributed by atoms with Crippen LogP contribution in [0.5, 0.6) is 0 Å². The number of rotatable bonds is 13. The zero-order valence-electron chi connectivity index (χ0n) is 53.4. The van der Waals surface area contributed by atoms with Gasteiger partial charge in [-0.05, 0) is 146 Å². The SMILES string of the molecule is CCN(C(C)C)C(C)C.Cc1cnc(Cl)nc1Nc1cnc2[nH]ccc2c1.Cc1cnc(N)nc1Nc1cnc2[nH]ccc2c1.Cc1cnc(Nc2cnc3[nH]ccc3c2)nc1Cl.Cc1cnc(Nc2cnc3[nH]ccc3c2)nc1Nc1ccccc1.Nc1ccccc1. The maximum absolute atomic E-state index is 5.95. The zero-order chi connectivity index (χ0) is 66.5. The number of fused-ring (bicyclic) bond motifs is 4. The van der Waals surface area contributed by atoms with E-state index < -0.39 is 0 Å². The molecule has 12 aromatic heterocycles. The van der Waals surface area contributed by atoms with Crippen LogP contribution < -0.4 is 38.1 Å². The van der Waals surface area contributed by atoms with Crippen LogP contribution in [0.25, 0.3) is 44.1 Å². The van der Waals surface area contributed by atoms with Crippen molar-refractivity contribution in [3.63, 3.8) is 0 Å². The second-order valence-electron chi connectivity index (χ2n) is 21.8. The van der Waals surface area contributed by atoms with Crippen LogP contribution in [-0.4, -0.2) is 103 Å². The molecule has 12 heterocycles. The third kappa shape index (κ3) is 19.3. The van der Waals surface area contributed by atoms with E-state index in [2.05, 4.69) is 146 Å². The quantitative estimate of drug-likeness (QED) is 0.0290. The van der Waals surface area contributed by atoms with Gasteiger partial charge in [-0.2, -0.15) is 9.97 Å². The molecule has 0 saturated heterocycles. The second kappa shape index (κ2) is 32.6. The topological polar surface area (TPSA) is 333 Å². The molecule has 14 rings (SSSR count). The molecule has 94 heavy (non-hydrogen) atoms. The first-order valence-corrected chi connectivity index (χ1v) is 30.8. The van der Waals surface area contributed by atoms with E-state index in [-0.39, 0.29) is 11.2 Å². The van der Waals surface area contributed by atoms with Crippen LogP contribution in [0.1, 0.15) is 56.9 Å². The molecule has 0 saturated carbocycles. The number of nitrogens with one attached hydrogen (secondary N) is 9. The Morgan fingerprint density at radius 2 is 0.777 bits per heavy atom. The number of H-pyrrole nitrogens is 4. The van der Waals surface area contributed by atoms with Crippen molar-refractivity contribution < 1.29 is 0 Å². The summed E-state index contributed by atoms with van der Waals surface area (Å²) in [6.45, 7) is 20.0. The lowest BCUT2D eigenvalue weighted by Gasteiger charge is -2.28. The van der Waals surface area contributed by atoms with Crippen molar-refractivity contribution in [1.29, 1.82) is 0 Å². The molecular weight excluding hydrogens is 1220 g/mol. The maximum atomic E-state index is 5.95. The Hall–Kier alpha value is -11.3. The lowest BCUT2D eigenvalue weighted by Crippen LogP contribution is -2.36. The molecule has 0 amide bonds. The number of nitrogens with two attached hydrogens (primary N) is 2. The predicted octanol–water partition coefficient (Wildman–Crippen LogP) is 15.6. The molecule has 14 aromatic rings. The van der Waals surface area contributed by atoms with E-state index in [1.807, 2.05) is 162 Å². The highest BCUT2D eigenvalue weighted by molar-refractivity contribution is 6.30. The fourth-order valence-corrected chi connectivity index (χ4v) is 9.50. The van der Waals surface area contributed by atoms with Gasteiger partial charge in [0.25, 0.3) is 0 Å². The first-order valence-electron chi connectivity index (χ1n) is 30.0. The van der Waals surface area contributed by atoms with Gasteiger partial charge in [0.05, 0.1) is 47.5 Å². The monoisotopic (exact) mass is 1300 g/mol. The second-order valence-corrected chi connectivity index (χ2v) is 22.5.